The highest BCUT2D eigenvalue weighted by molar-refractivity contribution is 7.94. The second-order valence-electron chi connectivity index (χ2n) is 5.70. The van der Waals surface area contributed by atoms with Gasteiger partial charge < -0.3 is 20.1 Å². The molecule has 1 aliphatic rings. The fourth-order valence-electron chi connectivity index (χ4n) is 2.54. The highest BCUT2D eigenvalue weighted by Crippen LogP contribution is 2.40. The first-order valence-corrected chi connectivity index (χ1v) is 9.72. The number of rotatable bonds is 10. The lowest BCUT2D eigenvalue weighted by Gasteiger charge is -2.21. The lowest BCUT2D eigenvalue weighted by Crippen LogP contribution is -2.47. The largest absolute Gasteiger partial charge is 0.383 e. The van der Waals surface area contributed by atoms with Crippen LogP contribution in [-0.4, -0.2) is 73.8 Å². The van der Waals surface area contributed by atoms with Crippen molar-refractivity contribution in [1.82, 2.24) is 10.6 Å². The molecular weight excluding hydrogens is 376 g/mol. The predicted molar refractivity (Wildman–Crippen MR) is 99.8 cm³/mol. The van der Waals surface area contributed by atoms with Crippen molar-refractivity contribution in [3.63, 3.8) is 0 Å². The highest BCUT2D eigenvalue weighted by atomic mass is 32.2. The molecule has 0 saturated heterocycles. The Bertz CT molecular complexity index is 713. The number of hydrogen-bond donors (Lipinski definition) is 2. The maximum Gasteiger partial charge on any atom is 0.327 e. The zero-order chi connectivity index (χ0) is 19.9. The normalized spacial score (nSPS) is 14.7. The molecule has 27 heavy (non-hydrogen) atoms. The summed E-state index contributed by atoms with van der Waals surface area (Å²) in [5.41, 5.74) is 0.702. The topological polar surface area (TPSA) is 117 Å². The van der Waals surface area contributed by atoms with E-state index in [0.717, 1.165) is 8.61 Å². The maximum atomic E-state index is 12.9. The number of nitrogens with one attached hydrogen (secondary N) is 2. The van der Waals surface area contributed by atoms with Crippen LogP contribution in [0.25, 0.3) is 0 Å². The summed E-state index contributed by atoms with van der Waals surface area (Å²) in [6, 6.07) is 6.54. The van der Waals surface area contributed by atoms with E-state index in [0.29, 0.717) is 24.6 Å². The third-order valence-electron chi connectivity index (χ3n) is 3.81. The summed E-state index contributed by atoms with van der Waals surface area (Å²) >= 11 is 0. The number of nitrogens with zero attached hydrogens (tertiary/aromatic N) is 2. The molecular formula is C16H24N4O6S. The summed E-state index contributed by atoms with van der Waals surface area (Å²) in [5, 5.41) is 5.17. The first kappa shape index (κ1) is 20.9. The lowest BCUT2D eigenvalue weighted by atomic mass is 10.2. The molecule has 2 amide bonds. The Balaban J connectivity index is 2.15. The molecule has 2 rings (SSSR count). The number of carbonyl (C=O) groups excluding carboxylic acids is 2. The average Bonchev–Trinajstić information content (AvgIpc) is 2.84. The van der Waals surface area contributed by atoms with Crippen molar-refractivity contribution in [3.8, 4) is 0 Å². The predicted octanol–water partition coefficient (Wildman–Crippen LogP) is -0.917. The molecule has 0 unspecified atom stereocenters. The van der Waals surface area contributed by atoms with Gasteiger partial charge in [0.1, 0.15) is 13.1 Å². The van der Waals surface area contributed by atoms with E-state index in [-0.39, 0.29) is 26.2 Å². The Hall–Kier alpha value is -2.37. The van der Waals surface area contributed by atoms with Gasteiger partial charge in [0.25, 0.3) is 0 Å². The second-order valence-corrected chi connectivity index (χ2v) is 7.47. The van der Waals surface area contributed by atoms with E-state index in [1.165, 1.54) is 14.2 Å². The third kappa shape index (κ3) is 5.08. The molecule has 1 aliphatic heterocycles. The third-order valence-corrected chi connectivity index (χ3v) is 5.57. The molecule has 0 aliphatic carbocycles. The van der Waals surface area contributed by atoms with E-state index in [4.69, 9.17) is 9.47 Å². The molecule has 0 saturated carbocycles. The summed E-state index contributed by atoms with van der Waals surface area (Å²) in [5.74, 6) is -0.923. The van der Waals surface area contributed by atoms with Gasteiger partial charge in [-0.25, -0.2) is 8.61 Å². The molecule has 10 nitrogen and oxygen atoms in total. The monoisotopic (exact) mass is 400 g/mol. The molecule has 0 spiro atoms. The van der Waals surface area contributed by atoms with E-state index in [1.54, 1.807) is 24.3 Å². The summed E-state index contributed by atoms with van der Waals surface area (Å²) in [7, 11) is -1.05. The van der Waals surface area contributed by atoms with E-state index in [2.05, 4.69) is 10.6 Å². The van der Waals surface area contributed by atoms with Crippen LogP contribution >= 0.6 is 0 Å². The number of ether oxygens (including phenoxy) is 2. The Morgan fingerprint density at radius 2 is 1.30 bits per heavy atom. The van der Waals surface area contributed by atoms with Crippen LogP contribution in [0.15, 0.2) is 24.3 Å². The Morgan fingerprint density at radius 1 is 0.889 bits per heavy atom. The quantitative estimate of drug-likeness (QED) is 0.491. The molecule has 0 bridgehead atoms. The van der Waals surface area contributed by atoms with Crippen molar-refractivity contribution in [1.29, 1.82) is 0 Å². The SMILES string of the molecule is COCCNC(=O)CN1c2ccccc2N(CC(=O)NCCOC)S1(=O)=O. The van der Waals surface area contributed by atoms with Gasteiger partial charge in [0.15, 0.2) is 0 Å². The van der Waals surface area contributed by atoms with Gasteiger partial charge in [-0.2, -0.15) is 8.42 Å². The first-order valence-electron chi connectivity index (χ1n) is 8.32. The van der Waals surface area contributed by atoms with Gasteiger partial charge in [-0.15, -0.1) is 0 Å². The van der Waals surface area contributed by atoms with Crippen LogP contribution < -0.4 is 19.2 Å². The van der Waals surface area contributed by atoms with E-state index >= 15 is 0 Å². The highest BCUT2D eigenvalue weighted by Gasteiger charge is 2.41. The van der Waals surface area contributed by atoms with E-state index < -0.39 is 22.0 Å². The van der Waals surface area contributed by atoms with Gasteiger partial charge in [0.2, 0.25) is 11.8 Å². The van der Waals surface area contributed by atoms with E-state index in [9.17, 15) is 18.0 Å². The van der Waals surface area contributed by atoms with Crippen LogP contribution in [0, 0.1) is 0 Å². The smallest absolute Gasteiger partial charge is 0.327 e. The number of hydrogen-bond acceptors (Lipinski definition) is 6. The number of fused-ring (bicyclic) bond motifs is 1. The van der Waals surface area contributed by atoms with Crippen LogP contribution in [0.5, 0.6) is 0 Å². The van der Waals surface area contributed by atoms with Crippen LogP contribution in [0.1, 0.15) is 0 Å². The molecule has 0 aromatic heterocycles. The molecule has 1 aromatic carbocycles. The Kier molecular flexibility index (Phi) is 7.39. The molecule has 0 atom stereocenters. The molecule has 0 fully saturated rings. The molecule has 2 N–H and O–H groups in total. The molecule has 1 heterocycles. The van der Waals surface area contributed by atoms with Crippen LogP contribution in [-0.2, 0) is 29.3 Å². The van der Waals surface area contributed by atoms with E-state index in [1.807, 2.05) is 0 Å². The van der Waals surface area contributed by atoms with Gasteiger partial charge in [0.05, 0.1) is 24.6 Å². The van der Waals surface area contributed by atoms with Crippen molar-refractivity contribution < 1.29 is 27.5 Å². The Labute approximate surface area is 158 Å². The van der Waals surface area contributed by atoms with Crippen LogP contribution in [0.4, 0.5) is 11.4 Å². The minimum Gasteiger partial charge on any atom is -0.383 e. The van der Waals surface area contributed by atoms with Gasteiger partial charge >= 0.3 is 10.2 Å². The number of para-hydroxylation sites is 2. The van der Waals surface area contributed by atoms with Crippen molar-refractivity contribution in [3.05, 3.63) is 24.3 Å². The maximum absolute atomic E-state index is 12.9. The molecule has 0 radical (unpaired) electrons. The minimum absolute atomic E-state index is 0.274. The zero-order valence-electron chi connectivity index (χ0n) is 15.3. The number of carbonyl (C=O) groups is 2. The van der Waals surface area contributed by atoms with Crippen molar-refractivity contribution >= 4 is 33.4 Å². The van der Waals surface area contributed by atoms with Gasteiger partial charge in [0, 0.05) is 27.3 Å². The van der Waals surface area contributed by atoms with Crippen molar-refractivity contribution in [2.75, 3.05) is 62.2 Å². The first-order chi connectivity index (χ1) is 12.9. The Morgan fingerprint density at radius 3 is 1.67 bits per heavy atom. The number of benzene rings is 1. The minimum atomic E-state index is -4.06. The van der Waals surface area contributed by atoms with Crippen LogP contribution in [0.2, 0.25) is 0 Å². The summed E-state index contributed by atoms with van der Waals surface area (Å²) in [6.45, 7) is 0.425. The van der Waals surface area contributed by atoms with Crippen molar-refractivity contribution in [2.45, 2.75) is 0 Å². The summed E-state index contributed by atoms with van der Waals surface area (Å²) in [4.78, 5) is 24.2. The number of methoxy groups -OCH3 is 2. The summed E-state index contributed by atoms with van der Waals surface area (Å²) < 4.78 is 37.5. The average molecular weight is 400 g/mol. The number of anilines is 2. The fraction of sp³-hybridized carbons (Fsp3) is 0.500. The zero-order valence-corrected chi connectivity index (χ0v) is 16.1. The lowest BCUT2D eigenvalue weighted by molar-refractivity contribution is -0.120. The fourth-order valence-corrected chi connectivity index (χ4v) is 4.15. The number of amides is 2. The molecule has 150 valence electrons. The summed E-state index contributed by atoms with van der Waals surface area (Å²) in [6.07, 6.45) is 0. The second kappa shape index (κ2) is 9.53. The standard InChI is InChI=1S/C16H24N4O6S/c1-25-9-7-17-15(21)11-19-13-5-3-4-6-14(13)20(27(19,23)24)12-16(22)18-8-10-26-2/h3-6H,7-12H2,1-2H3,(H,17,21)(H,18,22). The van der Waals surface area contributed by atoms with Gasteiger partial charge in [-0.1, -0.05) is 12.1 Å². The van der Waals surface area contributed by atoms with Crippen molar-refractivity contribution in [2.24, 2.45) is 0 Å². The van der Waals surface area contributed by atoms with Gasteiger partial charge in [-0.05, 0) is 12.1 Å². The molecule has 11 heteroatoms. The van der Waals surface area contributed by atoms with Crippen LogP contribution in [0.3, 0.4) is 0 Å². The van der Waals surface area contributed by atoms with Gasteiger partial charge in [-0.3, -0.25) is 9.59 Å². The molecule has 1 aromatic rings.